The number of fused-ring (bicyclic) bond motifs is 3. The lowest BCUT2D eigenvalue weighted by Gasteiger charge is -2.15. The zero-order valence-corrected chi connectivity index (χ0v) is 17.3. The minimum absolute atomic E-state index is 0.00436. The quantitative estimate of drug-likeness (QED) is 0.465. The van der Waals surface area contributed by atoms with E-state index in [-0.39, 0.29) is 10.8 Å². The molecule has 1 aromatic carbocycles. The molecule has 1 atom stereocenters. The highest BCUT2D eigenvalue weighted by Gasteiger charge is 2.23. The van der Waals surface area contributed by atoms with Gasteiger partial charge in [-0.2, -0.15) is 5.26 Å². The van der Waals surface area contributed by atoms with Gasteiger partial charge in [-0.25, -0.2) is 4.98 Å². The van der Waals surface area contributed by atoms with Crippen LogP contribution in [0.3, 0.4) is 0 Å². The van der Waals surface area contributed by atoms with Gasteiger partial charge in [0, 0.05) is 4.88 Å². The topological polar surface area (TPSA) is 58.7 Å². The van der Waals surface area contributed by atoms with Gasteiger partial charge in [-0.1, -0.05) is 17.8 Å². The van der Waals surface area contributed by atoms with E-state index in [1.807, 2.05) is 32.0 Å². The van der Waals surface area contributed by atoms with Crippen molar-refractivity contribution in [3.63, 3.8) is 0 Å². The van der Waals surface area contributed by atoms with Crippen molar-refractivity contribution in [1.29, 1.82) is 5.26 Å². The lowest BCUT2D eigenvalue weighted by molar-refractivity contribution is 0.699. The van der Waals surface area contributed by atoms with Crippen LogP contribution in [0.2, 0.25) is 0 Å². The van der Waals surface area contributed by atoms with Crippen molar-refractivity contribution in [3.05, 3.63) is 50.1 Å². The Hall–Kier alpha value is -2.10. The first-order valence-electron chi connectivity index (χ1n) is 9.21. The summed E-state index contributed by atoms with van der Waals surface area (Å²) < 4.78 is 1.70. The number of thiophene rings is 1. The fraction of sp³-hybridized carbons (Fsp3) is 0.381. The Labute approximate surface area is 166 Å². The maximum atomic E-state index is 13.6. The first-order chi connectivity index (χ1) is 13.0. The van der Waals surface area contributed by atoms with Gasteiger partial charge in [-0.3, -0.25) is 9.36 Å². The monoisotopic (exact) mass is 395 g/mol. The lowest BCUT2D eigenvalue weighted by atomic mass is 9.97. The Morgan fingerprint density at radius 3 is 2.78 bits per heavy atom. The van der Waals surface area contributed by atoms with E-state index in [9.17, 15) is 10.1 Å². The fourth-order valence-corrected chi connectivity index (χ4v) is 5.66. The third-order valence-corrected chi connectivity index (χ3v) is 7.30. The van der Waals surface area contributed by atoms with E-state index in [0.717, 1.165) is 40.7 Å². The maximum absolute atomic E-state index is 13.6. The van der Waals surface area contributed by atoms with E-state index in [1.165, 1.54) is 34.2 Å². The van der Waals surface area contributed by atoms with Gasteiger partial charge in [-0.05, 0) is 75.3 Å². The van der Waals surface area contributed by atoms with Crippen LogP contribution in [-0.4, -0.2) is 14.8 Å². The number of benzene rings is 1. The normalized spacial score (nSPS) is 14.7. The molecule has 0 aliphatic heterocycles. The number of thioether (sulfide) groups is 1. The van der Waals surface area contributed by atoms with Crippen molar-refractivity contribution >= 4 is 33.3 Å². The third-order valence-electron chi connectivity index (χ3n) is 5.17. The molecule has 2 heterocycles. The Bertz CT molecular complexity index is 1140. The molecule has 1 unspecified atom stereocenters. The summed E-state index contributed by atoms with van der Waals surface area (Å²) in [6.45, 7) is 5.95. The second kappa shape index (κ2) is 7.14. The molecule has 0 radical (unpaired) electrons. The van der Waals surface area contributed by atoms with Crippen LogP contribution in [0.25, 0.3) is 15.9 Å². The van der Waals surface area contributed by atoms with Crippen LogP contribution in [0.4, 0.5) is 0 Å². The average Bonchev–Trinajstić information content (AvgIpc) is 3.03. The van der Waals surface area contributed by atoms with Crippen LogP contribution >= 0.6 is 23.1 Å². The molecule has 0 saturated carbocycles. The van der Waals surface area contributed by atoms with E-state index < -0.39 is 0 Å². The highest BCUT2D eigenvalue weighted by molar-refractivity contribution is 8.00. The molecule has 2 aromatic heterocycles. The summed E-state index contributed by atoms with van der Waals surface area (Å²) in [6, 6.07) is 8.28. The largest absolute Gasteiger partial charge is 0.268 e. The highest BCUT2D eigenvalue weighted by Crippen LogP contribution is 2.35. The number of nitriles is 1. The number of nitrogens with zero attached hydrogens (tertiary/aromatic N) is 3. The zero-order valence-electron chi connectivity index (χ0n) is 15.7. The molecule has 0 bridgehead atoms. The van der Waals surface area contributed by atoms with Gasteiger partial charge < -0.3 is 0 Å². The minimum Gasteiger partial charge on any atom is -0.268 e. The first-order valence-corrected chi connectivity index (χ1v) is 10.9. The molecular formula is C21H21N3OS2. The first kappa shape index (κ1) is 18.3. The molecule has 0 spiro atoms. The van der Waals surface area contributed by atoms with Gasteiger partial charge in [0.05, 0.1) is 22.4 Å². The molecule has 27 heavy (non-hydrogen) atoms. The molecule has 0 amide bonds. The summed E-state index contributed by atoms with van der Waals surface area (Å²) in [7, 11) is 0. The van der Waals surface area contributed by atoms with Gasteiger partial charge in [0.2, 0.25) is 0 Å². The molecule has 0 fully saturated rings. The number of hydrogen-bond donors (Lipinski definition) is 0. The van der Waals surface area contributed by atoms with Crippen LogP contribution in [0.1, 0.15) is 41.3 Å². The number of rotatable bonds is 3. The van der Waals surface area contributed by atoms with Crippen LogP contribution in [0.5, 0.6) is 0 Å². The fourth-order valence-electron chi connectivity index (χ4n) is 3.54. The summed E-state index contributed by atoms with van der Waals surface area (Å²) in [5.74, 6) is 0. The van der Waals surface area contributed by atoms with Gasteiger partial charge >= 0.3 is 0 Å². The molecule has 1 aliphatic carbocycles. The van der Waals surface area contributed by atoms with Crippen molar-refractivity contribution in [2.45, 2.75) is 56.9 Å². The van der Waals surface area contributed by atoms with Gasteiger partial charge in [0.1, 0.15) is 4.83 Å². The lowest BCUT2D eigenvalue weighted by Crippen LogP contribution is -2.23. The molecule has 138 valence electrons. The van der Waals surface area contributed by atoms with Gasteiger partial charge in [-0.15, -0.1) is 11.3 Å². The SMILES string of the molecule is Cc1ccc(-n2c(SC(C)C#N)nc3sc4c(c3c2=O)CCCC4)cc1C. The summed E-state index contributed by atoms with van der Waals surface area (Å²) in [4.78, 5) is 20.6. The Balaban J connectivity index is 2.02. The highest BCUT2D eigenvalue weighted by atomic mass is 32.2. The van der Waals surface area contributed by atoms with E-state index >= 15 is 0 Å². The van der Waals surface area contributed by atoms with Crippen LogP contribution in [0.15, 0.2) is 28.2 Å². The van der Waals surface area contributed by atoms with E-state index in [4.69, 9.17) is 4.98 Å². The Morgan fingerprint density at radius 2 is 2.04 bits per heavy atom. The second-order valence-corrected chi connectivity index (χ2v) is 9.48. The van der Waals surface area contributed by atoms with E-state index in [1.54, 1.807) is 15.9 Å². The molecule has 1 aliphatic rings. The van der Waals surface area contributed by atoms with Crippen molar-refractivity contribution in [2.24, 2.45) is 0 Å². The Kier molecular flexibility index (Phi) is 4.83. The predicted molar refractivity (Wildman–Crippen MR) is 112 cm³/mol. The predicted octanol–water partition coefficient (Wildman–Crippen LogP) is 4.95. The molecule has 6 heteroatoms. The van der Waals surface area contributed by atoms with Crippen molar-refractivity contribution < 1.29 is 0 Å². The van der Waals surface area contributed by atoms with E-state index in [2.05, 4.69) is 13.0 Å². The van der Waals surface area contributed by atoms with Crippen LogP contribution < -0.4 is 5.56 Å². The van der Waals surface area contributed by atoms with Crippen molar-refractivity contribution in [2.75, 3.05) is 0 Å². The molecule has 0 saturated heterocycles. The average molecular weight is 396 g/mol. The van der Waals surface area contributed by atoms with Gasteiger partial charge in [0.15, 0.2) is 5.16 Å². The van der Waals surface area contributed by atoms with E-state index in [0.29, 0.717) is 5.16 Å². The molecule has 0 N–H and O–H groups in total. The summed E-state index contributed by atoms with van der Waals surface area (Å²) in [5.41, 5.74) is 4.34. The smallest absolute Gasteiger partial charge is 0.267 e. The maximum Gasteiger partial charge on any atom is 0.267 e. The number of aryl methyl sites for hydroxylation is 4. The number of hydrogen-bond acceptors (Lipinski definition) is 5. The third kappa shape index (κ3) is 3.19. The molecular weight excluding hydrogens is 374 g/mol. The standard InChI is InChI=1S/C21H21N3OS2/c1-12-8-9-15(10-13(12)2)24-20(25)18-16-6-4-5-7-17(16)27-19(18)23-21(24)26-14(3)11-22/h8-10,14H,4-7H2,1-3H3. The second-order valence-electron chi connectivity index (χ2n) is 7.08. The summed E-state index contributed by atoms with van der Waals surface area (Å²) in [6.07, 6.45) is 4.30. The van der Waals surface area contributed by atoms with Crippen molar-refractivity contribution in [1.82, 2.24) is 9.55 Å². The van der Waals surface area contributed by atoms with Crippen molar-refractivity contribution in [3.8, 4) is 11.8 Å². The zero-order chi connectivity index (χ0) is 19.1. The molecule has 4 nitrogen and oxygen atoms in total. The molecule has 3 aromatic rings. The molecule has 4 rings (SSSR count). The Morgan fingerprint density at radius 1 is 1.26 bits per heavy atom. The van der Waals surface area contributed by atoms with Crippen LogP contribution in [0, 0.1) is 25.2 Å². The van der Waals surface area contributed by atoms with Gasteiger partial charge in [0.25, 0.3) is 5.56 Å². The number of aromatic nitrogens is 2. The summed E-state index contributed by atoms with van der Waals surface area (Å²) in [5, 5.41) is 10.4. The minimum atomic E-state index is -0.276. The van der Waals surface area contributed by atoms with Crippen LogP contribution in [-0.2, 0) is 12.8 Å². The summed E-state index contributed by atoms with van der Waals surface area (Å²) >= 11 is 3.00.